The molecule has 7 aromatic rings. The molecule has 0 saturated heterocycles. The van der Waals surface area contributed by atoms with Gasteiger partial charge in [0.25, 0.3) is 0 Å². The Kier molecular flexibility index (Phi) is 19.3. The molecule has 0 bridgehead atoms. The first-order chi connectivity index (χ1) is 42.0. The number of hydrogen-bond donors (Lipinski definition) is 10. The van der Waals surface area contributed by atoms with Gasteiger partial charge in [0.1, 0.15) is 11.5 Å². The molecule has 23 heteroatoms. The molecule has 4 aliphatic rings. The number of aryl methyl sites for hydroxylation is 1. The van der Waals surface area contributed by atoms with E-state index in [9.17, 15) is 76.5 Å². The third kappa shape index (κ3) is 13.0. The Balaban J connectivity index is 0.000000194. The number of aliphatic hydroxyl groups excluding tert-OH is 6. The van der Waals surface area contributed by atoms with Crippen molar-refractivity contribution in [2.24, 2.45) is 4.99 Å². The van der Waals surface area contributed by atoms with Gasteiger partial charge in [-0.15, -0.1) is 0 Å². The summed E-state index contributed by atoms with van der Waals surface area (Å²) < 4.78 is 81.3. The number of anilines is 3. The van der Waals surface area contributed by atoms with Crippen molar-refractivity contribution in [1.82, 2.24) is 9.80 Å². The Morgan fingerprint density at radius 2 is 1.14 bits per heavy atom. The number of phenols is 1. The van der Waals surface area contributed by atoms with Gasteiger partial charge in [-0.25, -0.2) is 9.59 Å². The van der Waals surface area contributed by atoms with E-state index in [0.29, 0.717) is 81.6 Å². The summed E-state index contributed by atoms with van der Waals surface area (Å²) in [6, 6.07) is 21.5. The number of alkyl halides is 6. The normalized spacial score (nSPS) is 15.6. The van der Waals surface area contributed by atoms with Crippen molar-refractivity contribution in [3.05, 3.63) is 186 Å². The van der Waals surface area contributed by atoms with Crippen LogP contribution in [0, 0.1) is 6.92 Å². The van der Waals surface area contributed by atoms with E-state index in [4.69, 9.17) is 10.5 Å². The van der Waals surface area contributed by atoms with Gasteiger partial charge in [0.05, 0.1) is 62.9 Å². The number of benzene rings is 7. The quantitative estimate of drug-likeness (QED) is 0.0104. The van der Waals surface area contributed by atoms with Gasteiger partial charge in [0.2, 0.25) is 6.08 Å². The van der Waals surface area contributed by atoms with Crippen molar-refractivity contribution >= 4 is 40.8 Å². The number of fused-ring (bicyclic) bond motifs is 4. The molecule has 88 heavy (non-hydrogen) atoms. The fourth-order valence-electron chi connectivity index (χ4n) is 12.2. The fourth-order valence-corrected chi connectivity index (χ4v) is 12.2. The molecule has 0 radical (unpaired) electrons. The Hall–Kier alpha value is -8.48. The Morgan fingerprint density at radius 3 is 1.62 bits per heavy atom. The standard InChI is InChI=1S/C37H36F3N3O6.C20H24N2O4.C8H4F3NO/c1-20-3-5-21(6-4-20)13-31(47)49-35-24(18-45)15-29(42-36(48)41-26-9-7-25(8-10-26)37(38,39)40)27-16-30-32-22(11-12-43(30)2)14-23(17-44)28(19-46)33(32)34(27)35;1-22-3-2-10-4-11(7-23)14(9-25)18-17(10)16(22)6-13-15(21)5-12(8-24)20(26)19(13)18;9-8(10,11)6-1-3-7(4-2-6)12-5-13/h3-10,14-15,30,44-46H,11-13,16-19H2,1-2H3,(H2,41,42,48);4-5,16,23-26H,2-3,6-9,21H2,1H3;1-4H. The minimum absolute atomic E-state index is 0.00960. The summed E-state index contributed by atoms with van der Waals surface area (Å²) in [7, 11) is 4.04. The average Bonchev–Trinajstić information content (AvgIpc) is 0.787. The number of carbonyl (C=O) groups is 2. The predicted molar refractivity (Wildman–Crippen MR) is 315 cm³/mol. The fraction of sp³-hybridized carbons (Fsp3) is 0.308. The Morgan fingerprint density at radius 1 is 0.636 bits per heavy atom. The second-order valence-electron chi connectivity index (χ2n) is 21.9. The van der Waals surface area contributed by atoms with E-state index < -0.39 is 48.7 Å². The highest BCUT2D eigenvalue weighted by molar-refractivity contribution is 6.02. The number of esters is 1. The number of nitrogens with two attached hydrogens (primary N) is 1. The van der Waals surface area contributed by atoms with E-state index >= 15 is 0 Å². The van der Waals surface area contributed by atoms with E-state index in [1.165, 1.54) is 12.1 Å². The molecule has 17 nitrogen and oxygen atoms in total. The topological polar surface area (TPSA) is 271 Å². The number of likely N-dealkylation sites (N-methyl/N-ethyl adjacent to an activating group) is 2. The number of halogens is 6. The third-order valence-corrected chi connectivity index (χ3v) is 16.6. The highest BCUT2D eigenvalue weighted by Gasteiger charge is 2.41. The van der Waals surface area contributed by atoms with Crippen LogP contribution < -0.4 is 21.1 Å². The SMILES string of the molecule is CN1CCc2cc(CO)c(CO)c3c2C1Cc1c(N)cc(CO)c(O)c1-3.Cc1ccc(CC(=O)Oc2c(CO)cc(NC(=O)Nc3ccc(C(F)(F)F)cc3)c3c2-c2c(CO)c(CO)cc4c2C(C3)N(C)CC4)cc1.O=C=Nc1ccc(C(F)(F)F)cc1. The van der Waals surface area contributed by atoms with Crippen LogP contribution in [0.5, 0.6) is 11.5 Å². The van der Waals surface area contributed by atoms with Gasteiger partial charge in [-0.3, -0.25) is 14.6 Å². The lowest BCUT2D eigenvalue weighted by atomic mass is 9.73. The first-order valence-corrected chi connectivity index (χ1v) is 28.0. The molecule has 7 aromatic carbocycles. The molecular formula is C65H64F6N6O11. The molecule has 462 valence electrons. The molecule has 2 unspecified atom stereocenters. The number of carbonyl (C=O) groups excluding carboxylic acids is 3. The molecule has 2 amide bonds. The van der Waals surface area contributed by atoms with E-state index in [2.05, 4.69) is 32.5 Å². The number of hydrogen-bond acceptors (Lipinski definition) is 15. The lowest BCUT2D eigenvalue weighted by Gasteiger charge is -2.42. The van der Waals surface area contributed by atoms with Crippen molar-refractivity contribution in [1.29, 1.82) is 0 Å². The zero-order valence-corrected chi connectivity index (χ0v) is 48.0. The van der Waals surface area contributed by atoms with Crippen molar-refractivity contribution in [3.8, 4) is 33.8 Å². The van der Waals surface area contributed by atoms with Crippen LogP contribution >= 0.6 is 0 Å². The largest absolute Gasteiger partial charge is 0.507 e. The molecule has 0 fully saturated rings. The predicted octanol–water partition coefficient (Wildman–Crippen LogP) is 9.91. The molecule has 0 aromatic heterocycles. The molecule has 2 atom stereocenters. The number of rotatable bonds is 12. The van der Waals surface area contributed by atoms with Crippen molar-refractivity contribution in [3.63, 3.8) is 0 Å². The maximum atomic E-state index is 13.5. The third-order valence-electron chi connectivity index (χ3n) is 16.6. The van der Waals surface area contributed by atoms with E-state index in [0.717, 1.165) is 106 Å². The number of urea groups is 1. The van der Waals surface area contributed by atoms with Gasteiger partial charge in [-0.2, -0.15) is 31.3 Å². The van der Waals surface area contributed by atoms with Crippen LogP contribution in [0.4, 0.5) is 53.9 Å². The van der Waals surface area contributed by atoms with E-state index in [-0.39, 0.29) is 79.1 Å². The number of aliphatic imine (C=N–C) groups is 1. The number of nitrogen functional groups attached to an aromatic ring is 1. The minimum Gasteiger partial charge on any atom is -0.507 e. The zero-order valence-electron chi connectivity index (χ0n) is 48.0. The summed E-state index contributed by atoms with van der Waals surface area (Å²) in [6.45, 7) is 1.44. The number of aliphatic hydroxyl groups is 6. The van der Waals surface area contributed by atoms with E-state index in [1.807, 2.05) is 50.4 Å². The Bertz CT molecular complexity index is 3840. The average molecular weight is 1220 g/mol. The highest BCUT2D eigenvalue weighted by atomic mass is 19.4. The number of aromatic hydroxyl groups is 1. The number of nitrogens with zero attached hydrogens (tertiary/aromatic N) is 3. The summed E-state index contributed by atoms with van der Waals surface area (Å²) in [4.78, 5) is 44.1. The maximum Gasteiger partial charge on any atom is 0.416 e. The highest BCUT2D eigenvalue weighted by Crippen LogP contribution is 2.55. The van der Waals surface area contributed by atoms with Crippen molar-refractivity contribution in [2.75, 3.05) is 43.6 Å². The molecule has 2 heterocycles. The van der Waals surface area contributed by atoms with Crippen molar-refractivity contribution in [2.45, 2.75) is 103 Å². The van der Waals surface area contributed by atoms with Crippen LogP contribution in [0.2, 0.25) is 0 Å². The summed E-state index contributed by atoms with van der Waals surface area (Å²) >= 11 is 0. The molecule has 0 spiro atoms. The second kappa shape index (κ2) is 26.5. The van der Waals surface area contributed by atoms with Crippen LogP contribution in [-0.2, 0) is 93.7 Å². The van der Waals surface area contributed by atoms with Gasteiger partial charge in [0, 0.05) is 64.5 Å². The first-order valence-electron chi connectivity index (χ1n) is 28.0. The number of nitrogens with one attached hydrogen (secondary N) is 2. The van der Waals surface area contributed by atoms with Crippen LogP contribution in [0.25, 0.3) is 22.3 Å². The van der Waals surface area contributed by atoms with Crippen molar-refractivity contribution < 1.29 is 81.2 Å². The molecule has 2 aliphatic heterocycles. The van der Waals surface area contributed by atoms with Gasteiger partial charge in [-0.05, 0) is 180 Å². The van der Waals surface area contributed by atoms with Crippen LogP contribution in [-0.4, -0.2) is 90.8 Å². The molecular weight excluding hydrogens is 1150 g/mol. The molecule has 11 N–H and O–H groups in total. The summed E-state index contributed by atoms with van der Waals surface area (Å²) in [5, 5.41) is 77.4. The monoisotopic (exact) mass is 1220 g/mol. The summed E-state index contributed by atoms with van der Waals surface area (Å²) in [5.74, 6) is -0.490. The number of ether oxygens (including phenoxy) is 1. The van der Waals surface area contributed by atoms with Gasteiger partial charge < -0.3 is 56.8 Å². The summed E-state index contributed by atoms with van der Waals surface area (Å²) in [5.41, 5.74) is 18.2. The molecule has 0 saturated carbocycles. The van der Waals surface area contributed by atoms with Crippen LogP contribution in [0.3, 0.4) is 0 Å². The zero-order chi connectivity index (χ0) is 63.5. The first kappa shape index (κ1) is 64.0. The lowest BCUT2D eigenvalue weighted by molar-refractivity contribution is -0.138. The number of amides is 2. The molecule has 2 aliphatic carbocycles. The van der Waals surface area contributed by atoms with E-state index in [1.54, 1.807) is 6.07 Å². The van der Waals surface area contributed by atoms with Gasteiger partial charge >= 0.3 is 24.4 Å². The lowest BCUT2D eigenvalue weighted by Crippen LogP contribution is -2.37. The smallest absolute Gasteiger partial charge is 0.416 e. The second-order valence-corrected chi connectivity index (χ2v) is 21.9. The van der Waals surface area contributed by atoms with Crippen LogP contribution in [0.15, 0.2) is 102 Å². The van der Waals surface area contributed by atoms with Gasteiger partial charge in [0.15, 0.2) is 0 Å². The number of isocyanates is 1. The molecule has 11 rings (SSSR count). The van der Waals surface area contributed by atoms with Crippen LogP contribution in [0.1, 0.15) is 101 Å². The summed E-state index contributed by atoms with van der Waals surface area (Å²) in [6.07, 6.45) is -5.16. The minimum atomic E-state index is -4.53. The Labute approximate surface area is 501 Å². The maximum absolute atomic E-state index is 13.5. The van der Waals surface area contributed by atoms with Gasteiger partial charge in [-0.1, -0.05) is 42.0 Å².